The van der Waals surface area contributed by atoms with E-state index in [1.807, 2.05) is 23.6 Å². The molecule has 2 aromatic rings. The Kier molecular flexibility index (Phi) is 4.59. The lowest BCUT2D eigenvalue weighted by Gasteiger charge is -2.10. The SMILES string of the molecule is O=S(=O)(CC[C@@H]1CCCO1)NCc1csc2ccccc12. The molecule has 21 heavy (non-hydrogen) atoms. The van der Waals surface area contributed by atoms with Crippen molar-refractivity contribution >= 4 is 31.4 Å². The van der Waals surface area contributed by atoms with Gasteiger partial charge in [0.15, 0.2) is 0 Å². The van der Waals surface area contributed by atoms with Crippen molar-refractivity contribution in [2.75, 3.05) is 12.4 Å². The van der Waals surface area contributed by atoms with Crippen molar-refractivity contribution in [2.24, 2.45) is 0 Å². The van der Waals surface area contributed by atoms with Gasteiger partial charge in [-0.3, -0.25) is 0 Å². The zero-order valence-electron chi connectivity index (χ0n) is 11.7. The zero-order chi connectivity index (χ0) is 14.7. The summed E-state index contributed by atoms with van der Waals surface area (Å²) in [5.74, 6) is 0.139. The zero-order valence-corrected chi connectivity index (χ0v) is 13.4. The fourth-order valence-corrected chi connectivity index (χ4v) is 4.64. The molecule has 0 saturated carbocycles. The summed E-state index contributed by atoms with van der Waals surface area (Å²) in [6.07, 6.45) is 2.72. The van der Waals surface area contributed by atoms with E-state index >= 15 is 0 Å². The monoisotopic (exact) mass is 325 g/mol. The maximum atomic E-state index is 12.1. The van der Waals surface area contributed by atoms with Crippen LogP contribution in [0.1, 0.15) is 24.8 Å². The smallest absolute Gasteiger partial charge is 0.211 e. The van der Waals surface area contributed by atoms with Crippen LogP contribution >= 0.6 is 11.3 Å². The molecule has 1 aromatic carbocycles. The minimum Gasteiger partial charge on any atom is -0.378 e. The van der Waals surface area contributed by atoms with Crippen LogP contribution in [0, 0.1) is 0 Å². The summed E-state index contributed by atoms with van der Waals surface area (Å²) in [5.41, 5.74) is 1.04. The number of hydrogen-bond acceptors (Lipinski definition) is 4. The van der Waals surface area contributed by atoms with Crippen molar-refractivity contribution in [2.45, 2.75) is 31.9 Å². The molecule has 1 fully saturated rings. The van der Waals surface area contributed by atoms with Gasteiger partial charge in [-0.25, -0.2) is 13.1 Å². The second-order valence-corrected chi connectivity index (χ2v) is 8.16. The first-order chi connectivity index (χ1) is 10.1. The Labute approximate surface area is 129 Å². The van der Waals surface area contributed by atoms with Crippen LogP contribution in [0.5, 0.6) is 0 Å². The molecule has 3 rings (SSSR count). The first-order valence-electron chi connectivity index (χ1n) is 7.18. The van der Waals surface area contributed by atoms with E-state index in [1.165, 1.54) is 4.70 Å². The van der Waals surface area contributed by atoms with Gasteiger partial charge in [-0.05, 0) is 41.7 Å². The third-order valence-electron chi connectivity index (χ3n) is 3.78. The van der Waals surface area contributed by atoms with Gasteiger partial charge in [-0.1, -0.05) is 18.2 Å². The number of ether oxygens (including phenoxy) is 1. The highest BCUT2D eigenvalue weighted by Gasteiger charge is 2.19. The predicted octanol–water partition coefficient (Wildman–Crippen LogP) is 2.89. The molecule has 0 unspecified atom stereocenters. The van der Waals surface area contributed by atoms with Crippen LogP contribution in [-0.4, -0.2) is 26.9 Å². The predicted molar refractivity (Wildman–Crippen MR) is 86.0 cm³/mol. The van der Waals surface area contributed by atoms with Crippen LogP contribution in [0.3, 0.4) is 0 Å². The quantitative estimate of drug-likeness (QED) is 0.888. The molecule has 2 heterocycles. The molecular formula is C15H19NO3S2. The summed E-state index contributed by atoms with van der Waals surface area (Å²) in [6, 6.07) is 8.05. The number of fused-ring (bicyclic) bond motifs is 1. The summed E-state index contributed by atoms with van der Waals surface area (Å²) in [4.78, 5) is 0. The van der Waals surface area contributed by atoms with Crippen LogP contribution < -0.4 is 4.72 Å². The molecule has 6 heteroatoms. The van der Waals surface area contributed by atoms with Crippen LogP contribution in [-0.2, 0) is 21.3 Å². The molecule has 4 nitrogen and oxygen atoms in total. The van der Waals surface area contributed by atoms with Crippen LogP contribution in [0.4, 0.5) is 0 Å². The Morgan fingerprint density at radius 3 is 3.00 bits per heavy atom. The number of benzene rings is 1. The normalized spacial score (nSPS) is 19.3. The van der Waals surface area contributed by atoms with Crippen molar-refractivity contribution in [3.8, 4) is 0 Å². The Hall–Kier alpha value is -0.950. The molecule has 1 saturated heterocycles. The topological polar surface area (TPSA) is 55.4 Å². The van der Waals surface area contributed by atoms with Gasteiger partial charge in [-0.2, -0.15) is 0 Å². The van der Waals surface area contributed by atoms with Gasteiger partial charge in [0.05, 0.1) is 11.9 Å². The summed E-state index contributed by atoms with van der Waals surface area (Å²) < 4.78 is 33.5. The third kappa shape index (κ3) is 3.83. The molecule has 1 aliphatic rings. The maximum Gasteiger partial charge on any atom is 0.211 e. The Bertz CT molecular complexity index is 703. The maximum absolute atomic E-state index is 12.1. The fraction of sp³-hybridized carbons (Fsp3) is 0.467. The molecular weight excluding hydrogens is 306 g/mol. The van der Waals surface area contributed by atoms with Gasteiger partial charge >= 0.3 is 0 Å². The minimum absolute atomic E-state index is 0.114. The number of sulfonamides is 1. The average Bonchev–Trinajstić information content (AvgIpc) is 3.13. The van der Waals surface area contributed by atoms with Crippen molar-refractivity contribution < 1.29 is 13.2 Å². The van der Waals surface area contributed by atoms with E-state index in [9.17, 15) is 8.42 Å². The highest BCUT2D eigenvalue weighted by atomic mass is 32.2. The fourth-order valence-electron chi connectivity index (χ4n) is 2.59. The first-order valence-corrected chi connectivity index (χ1v) is 9.71. The van der Waals surface area contributed by atoms with Crippen LogP contribution in [0.25, 0.3) is 10.1 Å². The Morgan fingerprint density at radius 2 is 2.19 bits per heavy atom. The van der Waals surface area contributed by atoms with E-state index < -0.39 is 10.0 Å². The minimum atomic E-state index is -3.24. The highest BCUT2D eigenvalue weighted by molar-refractivity contribution is 7.89. The molecule has 1 aromatic heterocycles. The second-order valence-electron chi connectivity index (χ2n) is 5.32. The summed E-state index contributed by atoms with van der Waals surface area (Å²) >= 11 is 1.64. The second kappa shape index (κ2) is 6.44. The van der Waals surface area contributed by atoms with Crippen molar-refractivity contribution in [1.29, 1.82) is 0 Å². The highest BCUT2D eigenvalue weighted by Crippen LogP contribution is 2.25. The lowest BCUT2D eigenvalue weighted by Crippen LogP contribution is -2.27. The number of hydrogen-bond donors (Lipinski definition) is 1. The lowest BCUT2D eigenvalue weighted by atomic mass is 10.2. The van der Waals surface area contributed by atoms with E-state index in [2.05, 4.69) is 10.8 Å². The van der Waals surface area contributed by atoms with Gasteiger partial charge < -0.3 is 4.74 Å². The van der Waals surface area contributed by atoms with E-state index in [0.29, 0.717) is 13.0 Å². The Morgan fingerprint density at radius 1 is 1.33 bits per heavy atom. The van der Waals surface area contributed by atoms with E-state index in [1.54, 1.807) is 11.3 Å². The average molecular weight is 325 g/mol. The van der Waals surface area contributed by atoms with Gasteiger partial charge in [0.2, 0.25) is 10.0 Å². The van der Waals surface area contributed by atoms with E-state index in [0.717, 1.165) is 30.4 Å². The molecule has 0 radical (unpaired) electrons. The molecule has 0 aliphatic carbocycles. The van der Waals surface area contributed by atoms with Gasteiger partial charge in [0.1, 0.15) is 0 Å². The van der Waals surface area contributed by atoms with E-state index in [4.69, 9.17) is 4.74 Å². The van der Waals surface area contributed by atoms with Crippen molar-refractivity contribution in [3.63, 3.8) is 0 Å². The van der Waals surface area contributed by atoms with Crippen LogP contribution in [0.15, 0.2) is 29.6 Å². The largest absolute Gasteiger partial charge is 0.378 e. The number of nitrogens with one attached hydrogen (secondary N) is 1. The number of thiophene rings is 1. The van der Waals surface area contributed by atoms with Gasteiger partial charge in [-0.15, -0.1) is 11.3 Å². The molecule has 1 aliphatic heterocycles. The lowest BCUT2D eigenvalue weighted by molar-refractivity contribution is 0.109. The van der Waals surface area contributed by atoms with Crippen molar-refractivity contribution in [3.05, 3.63) is 35.2 Å². The van der Waals surface area contributed by atoms with Crippen LogP contribution in [0.2, 0.25) is 0 Å². The Balaban J connectivity index is 1.58. The van der Waals surface area contributed by atoms with Crippen molar-refractivity contribution in [1.82, 2.24) is 4.72 Å². The standard InChI is InChI=1S/C15H19NO3S2/c17-21(18,9-7-13-4-3-8-19-13)16-10-12-11-20-15-6-2-1-5-14(12)15/h1-2,5-6,11,13,16H,3-4,7-10H2/t13-/m0/s1. The first kappa shape index (κ1) is 15.0. The molecule has 0 amide bonds. The molecule has 114 valence electrons. The summed E-state index contributed by atoms with van der Waals surface area (Å²) in [5, 5.41) is 3.15. The number of rotatable bonds is 6. The molecule has 1 atom stereocenters. The molecule has 0 bridgehead atoms. The molecule has 0 spiro atoms. The molecule has 1 N–H and O–H groups in total. The summed E-state index contributed by atoms with van der Waals surface area (Å²) in [6.45, 7) is 1.12. The van der Waals surface area contributed by atoms with E-state index in [-0.39, 0.29) is 11.9 Å². The summed E-state index contributed by atoms with van der Waals surface area (Å²) in [7, 11) is -3.24. The van der Waals surface area contributed by atoms with Gasteiger partial charge in [0.25, 0.3) is 0 Å². The van der Waals surface area contributed by atoms with Gasteiger partial charge in [0, 0.05) is 17.9 Å². The third-order valence-corrected chi connectivity index (χ3v) is 6.15.